The molecule has 0 unspecified atom stereocenters. The lowest BCUT2D eigenvalue weighted by molar-refractivity contribution is 0.919. The fourth-order valence-corrected chi connectivity index (χ4v) is 3.42. The fourth-order valence-electron chi connectivity index (χ4n) is 2.43. The number of thiazole rings is 1. The monoisotopic (exact) mass is 328 g/mol. The number of hydrogen-bond acceptors (Lipinski definition) is 3. The van der Waals surface area contributed by atoms with E-state index in [0.29, 0.717) is 0 Å². The molecule has 0 N–H and O–H groups in total. The van der Waals surface area contributed by atoms with Gasteiger partial charge in [-0.3, -0.25) is 4.98 Å². The lowest BCUT2D eigenvalue weighted by atomic mass is 10.1. The molecule has 0 bridgehead atoms. The van der Waals surface area contributed by atoms with E-state index in [-0.39, 0.29) is 0 Å². The first-order valence-corrected chi connectivity index (χ1v) is 8.64. The fraction of sp³-hybridized carbons (Fsp3) is 0.222. The Balaban J connectivity index is 1.83. The van der Waals surface area contributed by atoms with Gasteiger partial charge in [0.2, 0.25) is 0 Å². The molecule has 2 heterocycles. The zero-order chi connectivity index (χ0) is 15.4. The van der Waals surface area contributed by atoms with Gasteiger partial charge in [-0.15, -0.1) is 11.3 Å². The lowest BCUT2D eigenvalue weighted by Crippen LogP contribution is -1.92. The van der Waals surface area contributed by atoms with Gasteiger partial charge in [-0.2, -0.15) is 0 Å². The minimum atomic E-state index is 0.766. The molecule has 1 aromatic carbocycles. The van der Waals surface area contributed by atoms with Crippen LogP contribution < -0.4 is 0 Å². The van der Waals surface area contributed by atoms with E-state index in [9.17, 15) is 0 Å². The van der Waals surface area contributed by atoms with Crippen LogP contribution >= 0.6 is 22.9 Å². The quantitative estimate of drug-likeness (QED) is 0.626. The van der Waals surface area contributed by atoms with Crippen LogP contribution in [0.2, 0.25) is 5.02 Å². The van der Waals surface area contributed by atoms with Gasteiger partial charge in [0, 0.05) is 34.8 Å². The van der Waals surface area contributed by atoms with E-state index < -0.39 is 0 Å². The highest BCUT2D eigenvalue weighted by atomic mass is 35.5. The Morgan fingerprint density at radius 2 is 1.95 bits per heavy atom. The first-order chi connectivity index (χ1) is 10.8. The molecule has 3 rings (SSSR count). The first kappa shape index (κ1) is 15.2. The SMILES string of the molecule is CCCc1ccncc1-c1nc(Cc2ccc(Cl)cc2)cs1. The summed E-state index contributed by atoms with van der Waals surface area (Å²) in [5.41, 5.74) is 4.80. The van der Waals surface area contributed by atoms with Crippen molar-refractivity contribution < 1.29 is 0 Å². The van der Waals surface area contributed by atoms with E-state index >= 15 is 0 Å². The maximum absolute atomic E-state index is 5.93. The number of rotatable bonds is 5. The van der Waals surface area contributed by atoms with Crippen molar-refractivity contribution >= 4 is 22.9 Å². The number of aryl methyl sites for hydroxylation is 1. The minimum absolute atomic E-state index is 0.766. The summed E-state index contributed by atoms with van der Waals surface area (Å²) in [4.78, 5) is 9.05. The summed E-state index contributed by atoms with van der Waals surface area (Å²) in [5.74, 6) is 0. The second-order valence-electron chi connectivity index (χ2n) is 5.23. The molecule has 0 fully saturated rings. The van der Waals surface area contributed by atoms with Crippen molar-refractivity contribution in [3.63, 3.8) is 0 Å². The van der Waals surface area contributed by atoms with E-state index in [4.69, 9.17) is 16.6 Å². The van der Waals surface area contributed by atoms with E-state index in [1.54, 1.807) is 11.3 Å². The molecule has 0 amide bonds. The standard InChI is InChI=1S/C18H17ClN2S/c1-2-3-14-8-9-20-11-17(14)18-21-16(12-22-18)10-13-4-6-15(19)7-5-13/h4-9,11-12H,2-3,10H2,1H3. The van der Waals surface area contributed by atoms with Crippen molar-refractivity contribution in [2.45, 2.75) is 26.2 Å². The van der Waals surface area contributed by atoms with Gasteiger partial charge in [0.15, 0.2) is 0 Å². The molecule has 0 saturated heterocycles. The van der Waals surface area contributed by atoms with Crippen LogP contribution in [0.25, 0.3) is 10.6 Å². The summed E-state index contributed by atoms with van der Waals surface area (Å²) in [7, 11) is 0. The predicted octanol–water partition coefficient (Wildman–Crippen LogP) is 5.40. The summed E-state index contributed by atoms with van der Waals surface area (Å²) < 4.78 is 0. The second-order valence-corrected chi connectivity index (χ2v) is 6.52. The molecule has 0 aliphatic carbocycles. The average molecular weight is 329 g/mol. The number of halogens is 1. The highest BCUT2D eigenvalue weighted by molar-refractivity contribution is 7.13. The Hall–Kier alpha value is -1.71. The summed E-state index contributed by atoms with van der Waals surface area (Å²) in [6.07, 6.45) is 6.80. The zero-order valence-corrected chi connectivity index (χ0v) is 14.0. The molecule has 0 aliphatic heterocycles. The smallest absolute Gasteiger partial charge is 0.125 e. The third-order valence-electron chi connectivity index (χ3n) is 3.51. The van der Waals surface area contributed by atoms with Crippen LogP contribution in [0.5, 0.6) is 0 Å². The molecule has 2 nitrogen and oxygen atoms in total. The Morgan fingerprint density at radius 1 is 1.14 bits per heavy atom. The number of pyridine rings is 1. The van der Waals surface area contributed by atoms with Crippen LogP contribution in [0.3, 0.4) is 0 Å². The largest absolute Gasteiger partial charge is 0.264 e. The molecule has 0 radical (unpaired) electrons. The first-order valence-electron chi connectivity index (χ1n) is 7.38. The van der Waals surface area contributed by atoms with Crippen LogP contribution in [0.4, 0.5) is 0 Å². The molecular weight excluding hydrogens is 312 g/mol. The predicted molar refractivity (Wildman–Crippen MR) is 93.6 cm³/mol. The van der Waals surface area contributed by atoms with Gasteiger partial charge in [-0.25, -0.2) is 4.98 Å². The average Bonchev–Trinajstić information content (AvgIpc) is 2.99. The van der Waals surface area contributed by atoms with Crippen LogP contribution in [-0.4, -0.2) is 9.97 Å². The highest BCUT2D eigenvalue weighted by Crippen LogP contribution is 2.28. The third kappa shape index (κ3) is 3.54. The van der Waals surface area contributed by atoms with Gasteiger partial charge in [0.05, 0.1) is 5.69 Å². The van der Waals surface area contributed by atoms with E-state index in [0.717, 1.165) is 40.6 Å². The molecule has 0 atom stereocenters. The molecule has 112 valence electrons. The van der Waals surface area contributed by atoms with Gasteiger partial charge in [-0.1, -0.05) is 37.1 Å². The molecule has 3 aromatic rings. The van der Waals surface area contributed by atoms with Crippen molar-refractivity contribution in [1.82, 2.24) is 9.97 Å². The van der Waals surface area contributed by atoms with Crippen molar-refractivity contribution in [1.29, 1.82) is 0 Å². The maximum atomic E-state index is 5.93. The molecule has 2 aromatic heterocycles. The van der Waals surface area contributed by atoms with Gasteiger partial charge < -0.3 is 0 Å². The normalized spacial score (nSPS) is 10.8. The van der Waals surface area contributed by atoms with Crippen molar-refractivity contribution in [3.05, 3.63) is 69.9 Å². The minimum Gasteiger partial charge on any atom is -0.264 e. The number of benzene rings is 1. The molecule has 22 heavy (non-hydrogen) atoms. The van der Waals surface area contributed by atoms with Crippen molar-refractivity contribution in [2.24, 2.45) is 0 Å². The number of aromatic nitrogens is 2. The third-order valence-corrected chi connectivity index (χ3v) is 4.69. The van der Waals surface area contributed by atoms with E-state index in [2.05, 4.69) is 23.4 Å². The summed E-state index contributed by atoms with van der Waals surface area (Å²) >= 11 is 7.61. The van der Waals surface area contributed by atoms with Crippen LogP contribution in [0.1, 0.15) is 30.2 Å². The van der Waals surface area contributed by atoms with Crippen LogP contribution in [-0.2, 0) is 12.8 Å². The Kier molecular flexibility index (Phi) is 4.86. The van der Waals surface area contributed by atoms with E-state index in [1.807, 2.05) is 36.7 Å². The Labute approximate surface area is 139 Å². The molecule has 0 saturated carbocycles. The topological polar surface area (TPSA) is 25.8 Å². The van der Waals surface area contributed by atoms with Gasteiger partial charge in [0.25, 0.3) is 0 Å². The van der Waals surface area contributed by atoms with Gasteiger partial charge in [-0.05, 0) is 35.7 Å². The maximum Gasteiger partial charge on any atom is 0.125 e. The van der Waals surface area contributed by atoms with Crippen LogP contribution in [0, 0.1) is 0 Å². The van der Waals surface area contributed by atoms with Gasteiger partial charge >= 0.3 is 0 Å². The Bertz CT molecular complexity index is 750. The lowest BCUT2D eigenvalue weighted by Gasteiger charge is -2.04. The molecular formula is C18H17ClN2S. The van der Waals surface area contributed by atoms with E-state index in [1.165, 1.54) is 11.1 Å². The van der Waals surface area contributed by atoms with Crippen molar-refractivity contribution in [3.8, 4) is 10.6 Å². The molecule has 0 aliphatic rings. The summed E-state index contributed by atoms with van der Waals surface area (Å²) in [5, 5.41) is 3.95. The molecule has 4 heteroatoms. The summed E-state index contributed by atoms with van der Waals surface area (Å²) in [6, 6.07) is 10.0. The van der Waals surface area contributed by atoms with Crippen molar-refractivity contribution in [2.75, 3.05) is 0 Å². The second kappa shape index (κ2) is 7.03. The Morgan fingerprint density at radius 3 is 2.73 bits per heavy atom. The van der Waals surface area contributed by atoms with Gasteiger partial charge in [0.1, 0.15) is 5.01 Å². The summed E-state index contributed by atoms with van der Waals surface area (Å²) in [6.45, 7) is 2.19. The zero-order valence-electron chi connectivity index (χ0n) is 12.4. The van der Waals surface area contributed by atoms with Crippen LogP contribution in [0.15, 0.2) is 48.1 Å². The number of nitrogens with zero attached hydrogens (tertiary/aromatic N) is 2. The highest BCUT2D eigenvalue weighted by Gasteiger charge is 2.10. The molecule has 0 spiro atoms. The number of hydrogen-bond donors (Lipinski definition) is 0.